The number of Topliss-reactive ketones (excluding diaryl/α,β-unsaturated/α-hetero) is 1. The number of fused-ring (bicyclic) bond motifs is 1. The molecular weight excluding hydrogens is 410 g/mol. The fourth-order valence-electron chi connectivity index (χ4n) is 3.63. The van der Waals surface area contributed by atoms with E-state index in [9.17, 15) is 14.4 Å². The Morgan fingerprint density at radius 3 is 2.39 bits per heavy atom. The normalized spacial score (nSPS) is 12.0. The number of amides is 1. The molecule has 0 aliphatic carbocycles. The number of carbonyl (C=O) groups excluding carboxylic acids is 2. The van der Waals surface area contributed by atoms with Gasteiger partial charge in [0, 0.05) is 28.6 Å². The molecule has 6 nitrogen and oxygen atoms in total. The van der Waals surface area contributed by atoms with Crippen molar-refractivity contribution in [3.05, 3.63) is 81.7 Å². The number of hydrogen-bond donors (Lipinski definition) is 1. The maximum Gasteiger partial charge on any atom is 0.263 e. The van der Waals surface area contributed by atoms with Crippen LogP contribution in [-0.2, 0) is 4.79 Å². The number of aryl methyl sites for hydroxylation is 1. The topological polar surface area (TPSA) is 81.1 Å². The molecule has 1 unspecified atom stereocenters. The summed E-state index contributed by atoms with van der Waals surface area (Å²) in [7, 11) is 0. The fraction of sp³-hybridized carbons (Fsp3) is 0.167. The van der Waals surface area contributed by atoms with Crippen LogP contribution in [-0.4, -0.2) is 21.2 Å². The van der Waals surface area contributed by atoms with Crippen molar-refractivity contribution < 1.29 is 9.59 Å². The minimum absolute atomic E-state index is 0.182. The van der Waals surface area contributed by atoms with Gasteiger partial charge in [0.05, 0.1) is 17.8 Å². The van der Waals surface area contributed by atoms with E-state index >= 15 is 0 Å². The van der Waals surface area contributed by atoms with Gasteiger partial charge in [-0.15, -0.1) is 11.3 Å². The van der Waals surface area contributed by atoms with E-state index in [-0.39, 0.29) is 17.2 Å². The summed E-state index contributed by atoms with van der Waals surface area (Å²) in [5, 5.41) is 3.21. The molecule has 31 heavy (non-hydrogen) atoms. The van der Waals surface area contributed by atoms with Gasteiger partial charge in [-0.05, 0) is 43.7 Å². The van der Waals surface area contributed by atoms with Gasteiger partial charge < -0.3 is 5.32 Å². The van der Waals surface area contributed by atoms with Crippen molar-refractivity contribution in [3.8, 4) is 11.1 Å². The molecule has 4 aromatic rings. The van der Waals surface area contributed by atoms with E-state index in [4.69, 9.17) is 0 Å². The molecule has 7 heteroatoms. The minimum Gasteiger partial charge on any atom is -0.326 e. The zero-order valence-electron chi connectivity index (χ0n) is 17.4. The van der Waals surface area contributed by atoms with Crippen LogP contribution in [0, 0.1) is 6.92 Å². The van der Waals surface area contributed by atoms with E-state index in [1.165, 1.54) is 29.2 Å². The molecular formula is C24H21N3O3S. The van der Waals surface area contributed by atoms with E-state index in [0.717, 1.165) is 16.0 Å². The Balaban J connectivity index is 1.74. The molecule has 1 N–H and O–H groups in total. The van der Waals surface area contributed by atoms with Crippen LogP contribution in [0.15, 0.2) is 65.7 Å². The lowest BCUT2D eigenvalue weighted by Gasteiger charge is -2.14. The van der Waals surface area contributed by atoms with Gasteiger partial charge in [0.15, 0.2) is 5.78 Å². The SMILES string of the molecule is CC(=O)Nc1ccc(C(=O)C(C)n2cnc3sc(C)c(-c4ccccc4)c3c2=O)cc1. The molecule has 2 aromatic carbocycles. The average molecular weight is 432 g/mol. The Morgan fingerprint density at radius 2 is 1.74 bits per heavy atom. The maximum atomic E-state index is 13.4. The Labute approximate surface area is 183 Å². The first-order chi connectivity index (χ1) is 14.9. The number of thiophene rings is 1. The highest BCUT2D eigenvalue weighted by Gasteiger charge is 2.22. The Kier molecular flexibility index (Phi) is 5.52. The molecule has 0 aliphatic rings. The predicted octanol–water partition coefficient (Wildman–Crippen LogP) is 4.84. The number of hydrogen-bond acceptors (Lipinski definition) is 5. The van der Waals surface area contributed by atoms with Crippen LogP contribution in [0.2, 0.25) is 0 Å². The lowest BCUT2D eigenvalue weighted by Crippen LogP contribution is -2.28. The predicted molar refractivity (Wildman–Crippen MR) is 124 cm³/mol. The number of aromatic nitrogens is 2. The van der Waals surface area contributed by atoms with Crippen molar-refractivity contribution in [2.45, 2.75) is 26.8 Å². The Morgan fingerprint density at radius 1 is 1.06 bits per heavy atom. The summed E-state index contributed by atoms with van der Waals surface area (Å²) < 4.78 is 1.39. The highest BCUT2D eigenvalue weighted by molar-refractivity contribution is 7.19. The fourth-order valence-corrected chi connectivity index (χ4v) is 4.64. The molecule has 0 bridgehead atoms. The number of nitrogens with one attached hydrogen (secondary N) is 1. The van der Waals surface area contributed by atoms with Gasteiger partial charge in [-0.1, -0.05) is 30.3 Å². The van der Waals surface area contributed by atoms with Gasteiger partial charge in [-0.3, -0.25) is 19.0 Å². The summed E-state index contributed by atoms with van der Waals surface area (Å²) in [6.45, 7) is 5.09. The van der Waals surface area contributed by atoms with Crippen molar-refractivity contribution >= 4 is 38.9 Å². The lowest BCUT2D eigenvalue weighted by molar-refractivity contribution is -0.114. The van der Waals surface area contributed by atoms with E-state index in [2.05, 4.69) is 10.3 Å². The molecule has 156 valence electrons. The van der Waals surface area contributed by atoms with Crippen LogP contribution in [0.4, 0.5) is 5.69 Å². The summed E-state index contributed by atoms with van der Waals surface area (Å²) in [4.78, 5) is 43.8. The maximum absolute atomic E-state index is 13.4. The third kappa shape index (κ3) is 3.92. The molecule has 0 saturated heterocycles. The summed E-state index contributed by atoms with van der Waals surface area (Å²) >= 11 is 1.48. The first kappa shape index (κ1) is 20.7. The zero-order valence-corrected chi connectivity index (χ0v) is 18.2. The van der Waals surface area contributed by atoms with Crippen molar-refractivity contribution in [2.24, 2.45) is 0 Å². The molecule has 0 spiro atoms. The highest BCUT2D eigenvalue weighted by Crippen LogP contribution is 2.35. The van der Waals surface area contributed by atoms with Gasteiger partial charge in [0.25, 0.3) is 5.56 Å². The zero-order chi connectivity index (χ0) is 22.1. The number of anilines is 1. The molecule has 1 amide bonds. The first-order valence-electron chi connectivity index (χ1n) is 9.84. The number of carbonyl (C=O) groups is 2. The third-order valence-electron chi connectivity index (χ3n) is 5.16. The monoisotopic (exact) mass is 431 g/mol. The number of nitrogens with zero attached hydrogens (tertiary/aromatic N) is 2. The number of benzene rings is 2. The molecule has 4 rings (SSSR count). The second-order valence-electron chi connectivity index (χ2n) is 7.34. The molecule has 2 aromatic heterocycles. The number of rotatable bonds is 5. The van der Waals surface area contributed by atoms with Gasteiger partial charge >= 0.3 is 0 Å². The summed E-state index contributed by atoms with van der Waals surface area (Å²) in [5.74, 6) is -0.385. The Bertz CT molecular complexity index is 1340. The van der Waals surface area contributed by atoms with Crippen molar-refractivity contribution in [3.63, 3.8) is 0 Å². The summed E-state index contributed by atoms with van der Waals surface area (Å²) in [6.07, 6.45) is 1.45. The average Bonchev–Trinajstić information content (AvgIpc) is 3.10. The van der Waals surface area contributed by atoms with E-state index in [0.29, 0.717) is 21.5 Å². The van der Waals surface area contributed by atoms with E-state index < -0.39 is 6.04 Å². The lowest BCUT2D eigenvalue weighted by atomic mass is 10.0. The minimum atomic E-state index is -0.722. The van der Waals surface area contributed by atoms with Crippen molar-refractivity contribution in [2.75, 3.05) is 5.32 Å². The highest BCUT2D eigenvalue weighted by atomic mass is 32.1. The molecule has 0 saturated carbocycles. The largest absolute Gasteiger partial charge is 0.326 e. The van der Waals surface area contributed by atoms with Crippen molar-refractivity contribution in [1.82, 2.24) is 9.55 Å². The van der Waals surface area contributed by atoms with Gasteiger partial charge in [0.1, 0.15) is 4.83 Å². The second kappa shape index (κ2) is 8.28. The van der Waals surface area contributed by atoms with E-state index in [1.54, 1.807) is 31.2 Å². The third-order valence-corrected chi connectivity index (χ3v) is 6.18. The standard InChI is InChI=1S/C24H21N3O3S/c1-14(22(29)18-9-11-19(12-10-18)26-16(3)28)27-13-25-23-21(24(27)30)20(15(2)31-23)17-7-5-4-6-8-17/h4-14H,1-3H3,(H,26,28). The molecule has 2 heterocycles. The second-order valence-corrected chi connectivity index (χ2v) is 8.54. The smallest absolute Gasteiger partial charge is 0.263 e. The molecule has 1 atom stereocenters. The van der Waals surface area contributed by atoms with Crippen molar-refractivity contribution in [1.29, 1.82) is 0 Å². The van der Waals surface area contributed by atoms with Gasteiger partial charge in [-0.2, -0.15) is 0 Å². The van der Waals surface area contributed by atoms with Crippen LogP contribution in [0.5, 0.6) is 0 Å². The quantitative estimate of drug-likeness (QED) is 0.459. The van der Waals surface area contributed by atoms with Crippen LogP contribution >= 0.6 is 11.3 Å². The summed E-state index contributed by atoms with van der Waals surface area (Å²) in [6, 6.07) is 15.6. The van der Waals surface area contributed by atoms with E-state index in [1.807, 2.05) is 37.3 Å². The first-order valence-corrected chi connectivity index (χ1v) is 10.7. The van der Waals surface area contributed by atoms with Crippen LogP contribution in [0.1, 0.15) is 35.1 Å². The Hall–Kier alpha value is -3.58. The van der Waals surface area contributed by atoms with Gasteiger partial charge in [-0.25, -0.2) is 4.98 Å². The van der Waals surface area contributed by atoms with Crippen LogP contribution in [0.25, 0.3) is 21.3 Å². The molecule has 0 aliphatic heterocycles. The van der Waals surface area contributed by atoms with Gasteiger partial charge in [0.2, 0.25) is 5.91 Å². The van der Waals surface area contributed by atoms with Crippen LogP contribution < -0.4 is 10.9 Å². The number of ketones is 1. The molecule has 0 fully saturated rings. The molecule has 0 radical (unpaired) electrons. The van der Waals surface area contributed by atoms with Crippen LogP contribution in [0.3, 0.4) is 0 Å². The summed E-state index contributed by atoms with van der Waals surface area (Å²) in [5.41, 5.74) is 2.66.